The van der Waals surface area contributed by atoms with Crippen molar-refractivity contribution in [3.8, 4) is 11.8 Å². The number of nitrogens with two attached hydrogens (primary N) is 1. The van der Waals surface area contributed by atoms with Gasteiger partial charge in [-0.25, -0.2) is 4.98 Å². The van der Waals surface area contributed by atoms with Crippen LogP contribution < -0.4 is 15.2 Å². The van der Waals surface area contributed by atoms with E-state index < -0.39 is 35.9 Å². The van der Waals surface area contributed by atoms with E-state index in [1.54, 1.807) is 0 Å². The quantitative estimate of drug-likeness (QED) is 0.862. The maximum atomic E-state index is 12.6. The molecule has 0 aliphatic carbocycles. The van der Waals surface area contributed by atoms with Crippen LogP contribution in [0, 0.1) is 5.92 Å². The third kappa shape index (κ3) is 3.86. The molecule has 21 heavy (non-hydrogen) atoms. The smallest absolute Gasteiger partial charge is 0.402 e. The number of rotatable bonds is 4. The van der Waals surface area contributed by atoms with Crippen LogP contribution in [-0.4, -0.2) is 36.5 Å². The Morgan fingerprint density at radius 2 is 1.57 bits per heavy atom. The maximum absolute atomic E-state index is 12.6. The largest absolute Gasteiger partial charge is 0.480 e. The fraction of sp³-hybridized carbons (Fsp3) is 0.600. The lowest BCUT2D eigenvalue weighted by Gasteiger charge is -2.28. The van der Waals surface area contributed by atoms with Crippen LogP contribution in [0.25, 0.3) is 0 Å². The van der Waals surface area contributed by atoms with E-state index in [-0.39, 0.29) is 5.88 Å². The van der Waals surface area contributed by atoms with Crippen LogP contribution in [0.5, 0.6) is 11.8 Å². The first-order valence-electron chi connectivity index (χ1n) is 5.36. The van der Waals surface area contributed by atoms with Crippen LogP contribution in [0.15, 0.2) is 6.20 Å². The van der Waals surface area contributed by atoms with Gasteiger partial charge in [-0.15, -0.1) is 0 Å². The van der Waals surface area contributed by atoms with Crippen LogP contribution in [0.3, 0.4) is 0 Å². The molecule has 2 N–H and O–H groups in total. The summed E-state index contributed by atoms with van der Waals surface area (Å²) in [6, 6.07) is -2.52. The lowest BCUT2D eigenvalue weighted by atomic mass is 9.96. The van der Waals surface area contributed by atoms with Crippen molar-refractivity contribution in [3.05, 3.63) is 11.9 Å². The van der Waals surface area contributed by atoms with E-state index in [1.807, 2.05) is 0 Å². The van der Waals surface area contributed by atoms with E-state index >= 15 is 0 Å². The van der Waals surface area contributed by atoms with Crippen molar-refractivity contribution in [1.82, 2.24) is 9.97 Å². The molecule has 1 atom stereocenters. The minimum atomic E-state index is -5.59. The van der Waals surface area contributed by atoms with Gasteiger partial charge in [0.15, 0.2) is 5.92 Å². The first kappa shape index (κ1) is 17.3. The highest BCUT2D eigenvalue weighted by molar-refractivity contribution is 5.26. The Kier molecular flexibility index (Phi) is 4.87. The number of aromatic nitrogens is 2. The maximum Gasteiger partial charge on any atom is 0.402 e. The van der Waals surface area contributed by atoms with Gasteiger partial charge in [-0.1, -0.05) is 0 Å². The Labute approximate surface area is 115 Å². The predicted octanol–water partition coefficient (Wildman–Crippen LogP) is 2.23. The third-order valence-corrected chi connectivity index (χ3v) is 2.53. The molecule has 0 radical (unpaired) electrons. The summed E-state index contributed by atoms with van der Waals surface area (Å²) < 4.78 is 85.0. The molecule has 0 saturated heterocycles. The van der Waals surface area contributed by atoms with Crippen molar-refractivity contribution in [3.63, 3.8) is 0 Å². The van der Waals surface area contributed by atoms with E-state index in [0.717, 1.165) is 13.3 Å². The van der Waals surface area contributed by atoms with Crippen LogP contribution >= 0.6 is 0 Å². The molecule has 1 rings (SSSR count). The molecule has 0 bridgehead atoms. The summed E-state index contributed by atoms with van der Waals surface area (Å²) in [5.41, 5.74) is 4.35. The van der Waals surface area contributed by atoms with Gasteiger partial charge in [0.1, 0.15) is 5.69 Å². The van der Waals surface area contributed by atoms with Crippen molar-refractivity contribution < 1.29 is 35.8 Å². The van der Waals surface area contributed by atoms with Crippen LogP contribution in [0.1, 0.15) is 11.7 Å². The van der Waals surface area contributed by atoms with Gasteiger partial charge in [0, 0.05) is 0 Å². The van der Waals surface area contributed by atoms with Gasteiger partial charge in [-0.3, -0.25) is 0 Å². The summed E-state index contributed by atoms with van der Waals surface area (Å²) in [7, 11) is 2.20. The minimum absolute atomic E-state index is 0.140. The minimum Gasteiger partial charge on any atom is -0.480 e. The molecule has 0 saturated carbocycles. The van der Waals surface area contributed by atoms with Gasteiger partial charge in [-0.05, 0) is 0 Å². The molecular weight excluding hydrogens is 308 g/mol. The number of hydrogen-bond donors (Lipinski definition) is 1. The molecule has 0 amide bonds. The second-order valence-corrected chi connectivity index (χ2v) is 3.89. The summed E-state index contributed by atoms with van der Waals surface area (Å²) >= 11 is 0. The highest BCUT2D eigenvalue weighted by atomic mass is 19.4. The van der Waals surface area contributed by atoms with E-state index in [1.165, 1.54) is 7.11 Å². The zero-order chi connectivity index (χ0) is 16.4. The Morgan fingerprint density at radius 3 is 1.95 bits per heavy atom. The molecule has 1 aromatic rings. The highest BCUT2D eigenvalue weighted by Crippen LogP contribution is 2.46. The molecule has 0 spiro atoms. The first-order chi connectivity index (χ1) is 9.52. The summed E-state index contributed by atoms with van der Waals surface area (Å²) in [6.07, 6.45) is -10.3. The van der Waals surface area contributed by atoms with Gasteiger partial charge < -0.3 is 15.2 Å². The van der Waals surface area contributed by atoms with Gasteiger partial charge in [-0.2, -0.15) is 31.3 Å². The fourth-order valence-corrected chi connectivity index (χ4v) is 1.59. The highest BCUT2D eigenvalue weighted by Gasteiger charge is 2.60. The molecule has 5 nitrogen and oxygen atoms in total. The zero-order valence-corrected chi connectivity index (χ0v) is 10.8. The first-order valence-corrected chi connectivity index (χ1v) is 5.36. The number of ether oxygens (including phenoxy) is 2. The molecular formula is C10H11F6N3O2. The van der Waals surface area contributed by atoms with E-state index in [2.05, 4.69) is 19.4 Å². The second-order valence-electron chi connectivity index (χ2n) is 3.89. The van der Waals surface area contributed by atoms with Gasteiger partial charge in [0.25, 0.3) is 0 Å². The third-order valence-electron chi connectivity index (χ3n) is 2.53. The average Bonchev–Trinajstić information content (AvgIpc) is 2.34. The summed E-state index contributed by atoms with van der Waals surface area (Å²) in [6.45, 7) is 0. The Morgan fingerprint density at radius 1 is 1.05 bits per heavy atom. The number of alkyl halides is 6. The summed E-state index contributed by atoms with van der Waals surface area (Å²) in [5.74, 6) is -4.50. The lowest BCUT2D eigenvalue weighted by Crippen LogP contribution is -2.44. The lowest BCUT2D eigenvalue weighted by molar-refractivity contribution is -0.290. The Hall–Kier alpha value is -1.78. The predicted molar refractivity (Wildman–Crippen MR) is 57.7 cm³/mol. The summed E-state index contributed by atoms with van der Waals surface area (Å²) in [4.78, 5) is 6.99. The van der Waals surface area contributed by atoms with Gasteiger partial charge >= 0.3 is 12.4 Å². The Bertz CT molecular complexity index is 477. The van der Waals surface area contributed by atoms with Crippen molar-refractivity contribution in [1.29, 1.82) is 0 Å². The van der Waals surface area contributed by atoms with Crippen LogP contribution in [-0.2, 0) is 0 Å². The van der Waals surface area contributed by atoms with E-state index in [0.29, 0.717) is 0 Å². The number of methoxy groups -OCH3 is 2. The molecule has 0 fully saturated rings. The molecule has 1 unspecified atom stereocenters. The Balaban J connectivity index is 3.30. The molecule has 1 aromatic heterocycles. The average molecular weight is 319 g/mol. The van der Waals surface area contributed by atoms with Crippen LogP contribution in [0.2, 0.25) is 0 Å². The molecule has 0 aromatic carbocycles. The SMILES string of the molecule is COc1cnc(C(N)C(C(F)(F)F)C(F)(F)F)c(OC)n1. The second kappa shape index (κ2) is 5.92. The molecule has 0 aliphatic rings. The van der Waals surface area contributed by atoms with Gasteiger partial charge in [0.2, 0.25) is 11.8 Å². The molecule has 120 valence electrons. The van der Waals surface area contributed by atoms with Crippen molar-refractivity contribution in [2.45, 2.75) is 18.4 Å². The summed E-state index contributed by atoms with van der Waals surface area (Å²) in [5, 5.41) is 0. The molecule has 0 aliphatic heterocycles. The van der Waals surface area contributed by atoms with Crippen LogP contribution in [0.4, 0.5) is 26.3 Å². The number of nitrogens with zero attached hydrogens (tertiary/aromatic N) is 2. The standard InChI is InChI=1S/C10H11F6N3O2/c1-20-4-3-18-6(8(19-4)21-2)5(17)7(9(11,12)13)10(14,15)16/h3,5,7H,17H2,1-2H3. The number of halogens is 6. The normalized spacial score (nSPS) is 14.2. The van der Waals surface area contributed by atoms with E-state index in [9.17, 15) is 26.3 Å². The fourth-order valence-electron chi connectivity index (χ4n) is 1.59. The topological polar surface area (TPSA) is 70.3 Å². The van der Waals surface area contributed by atoms with Crippen molar-refractivity contribution in [2.24, 2.45) is 11.7 Å². The zero-order valence-electron chi connectivity index (χ0n) is 10.8. The van der Waals surface area contributed by atoms with Crippen molar-refractivity contribution in [2.75, 3.05) is 14.2 Å². The van der Waals surface area contributed by atoms with Gasteiger partial charge in [0.05, 0.1) is 26.5 Å². The monoisotopic (exact) mass is 319 g/mol. The molecule has 11 heteroatoms. The number of hydrogen-bond acceptors (Lipinski definition) is 5. The molecule has 1 heterocycles. The van der Waals surface area contributed by atoms with E-state index in [4.69, 9.17) is 5.73 Å². The van der Waals surface area contributed by atoms with Crippen molar-refractivity contribution >= 4 is 0 Å².